The van der Waals surface area contributed by atoms with Crippen molar-refractivity contribution in [3.63, 3.8) is 0 Å². The van der Waals surface area contributed by atoms with Crippen LogP contribution in [0.3, 0.4) is 0 Å². The summed E-state index contributed by atoms with van der Waals surface area (Å²) in [5.41, 5.74) is 2.24. The van der Waals surface area contributed by atoms with Gasteiger partial charge in [0.25, 0.3) is 11.6 Å². The number of hydrogen-bond donors (Lipinski definition) is 1. The number of nitro benzene ring substituents is 1. The van der Waals surface area contributed by atoms with Gasteiger partial charge in [0.1, 0.15) is 5.75 Å². The lowest BCUT2D eigenvalue weighted by molar-refractivity contribution is -0.383. The molecule has 8 heteroatoms. The van der Waals surface area contributed by atoms with Crippen LogP contribution in [0.4, 0.5) is 11.4 Å². The maximum Gasteiger partial charge on any atom is 0.295 e. The molecule has 1 saturated heterocycles. The lowest BCUT2D eigenvalue weighted by Crippen LogP contribution is -2.48. The van der Waals surface area contributed by atoms with Crippen LogP contribution in [0.15, 0.2) is 48.5 Å². The fourth-order valence-corrected chi connectivity index (χ4v) is 3.72. The third-order valence-electron chi connectivity index (χ3n) is 5.16. The predicted octanol–water partition coefficient (Wildman–Crippen LogP) is 3.12. The smallest absolute Gasteiger partial charge is 0.295 e. The Hall–Kier alpha value is -3.68. The summed E-state index contributed by atoms with van der Waals surface area (Å²) in [5, 5.41) is 22.0. The molecule has 1 aliphatic rings. The van der Waals surface area contributed by atoms with Crippen molar-refractivity contribution in [1.29, 1.82) is 0 Å². The Kier molecular flexibility index (Phi) is 4.75. The molecule has 1 N–H and O–H groups in total. The van der Waals surface area contributed by atoms with E-state index in [2.05, 4.69) is 9.88 Å². The van der Waals surface area contributed by atoms with E-state index < -0.39 is 4.92 Å². The number of para-hydroxylation sites is 2. The van der Waals surface area contributed by atoms with Crippen molar-refractivity contribution in [2.24, 2.45) is 0 Å². The number of aromatic nitrogens is 1. The number of nitro groups is 1. The van der Waals surface area contributed by atoms with Crippen molar-refractivity contribution in [1.82, 2.24) is 9.88 Å². The number of non-ortho nitro benzene ring substituents is 1. The van der Waals surface area contributed by atoms with Gasteiger partial charge in [-0.15, -0.1) is 0 Å². The molecule has 0 bridgehead atoms. The maximum absolute atomic E-state index is 12.7. The quantitative estimate of drug-likeness (QED) is 0.543. The largest absolute Gasteiger partial charge is 0.507 e. The number of amides is 1. The second-order valence-electron chi connectivity index (χ2n) is 7.01. The van der Waals surface area contributed by atoms with Crippen molar-refractivity contribution in [3.05, 3.63) is 69.9 Å². The summed E-state index contributed by atoms with van der Waals surface area (Å²) in [6, 6.07) is 13.4. The Morgan fingerprint density at radius 3 is 2.52 bits per heavy atom. The molecular formula is C21H20N4O4. The summed E-state index contributed by atoms with van der Waals surface area (Å²) in [6.45, 7) is 3.97. The van der Waals surface area contributed by atoms with Crippen LogP contribution >= 0.6 is 0 Å². The SMILES string of the molecule is Cc1cc(N2CCN(C(=O)c3ccccc3O)CC2)c2cccc([N+](=O)[O-])c2n1. The highest BCUT2D eigenvalue weighted by atomic mass is 16.6. The predicted molar refractivity (Wildman–Crippen MR) is 109 cm³/mol. The van der Waals surface area contributed by atoms with E-state index in [-0.39, 0.29) is 17.3 Å². The van der Waals surface area contributed by atoms with Crippen LogP contribution in [0.1, 0.15) is 16.1 Å². The fraction of sp³-hybridized carbons (Fsp3) is 0.238. The van der Waals surface area contributed by atoms with Crippen molar-refractivity contribution in [2.45, 2.75) is 6.92 Å². The lowest BCUT2D eigenvalue weighted by atomic mass is 10.1. The van der Waals surface area contributed by atoms with E-state index in [1.807, 2.05) is 19.1 Å². The monoisotopic (exact) mass is 392 g/mol. The zero-order valence-corrected chi connectivity index (χ0v) is 15.9. The van der Waals surface area contributed by atoms with Crippen molar-refractivity contribution in [2.75, 3.05) is 31.1 Å². The van der Waals surface area contributed by atoms with Gasteiger partial charge in [0.15, 0.2) is 5.52 Å². The molecule has 1 aromatic heterocycles. The minimum Gasteiger partial charge on any atom is -0.507 e. The molecule has 1 fully saturated rings. The van der Waals surface area contributed by atoms with Gasteiger partial charge in [-0.25, -0.2) is 4.98 Å². The van der Waals surface area contributed by atoms with Crippen molar-refractivity contribution in [3.8, 4) is 5.75 Å². The Balaban J connectivity index is 1.60. The molecule has 0 spiro atoms. The number of phenols is 1. The van der Waals surface area contributed by atoms with E-state index in [0.717, 1.165) is 11.1 Å². The lowest BCUT2D eigenvalue weighted by Gasteiger charge is -2.36. The molecule has 1 amide bonds. The molecule has 0 atom stereocenters. The third-order valence-corrected chi connectivity index (χ3v) is 5.16. The van der Waals surface area contributed by atoms with Crippen LogP contribution in [0.5, 0.6) is 5.75 Å². The van der Waals surface area contributed by atoms with E-state index in [9.17, 15) is 20.0 Å². The number of rotatable bonds is 3. The van der Waals surface area contributed by atoms with Gasteiger partial charge in [-0.05, 0) is 25.1 Å². The maximum atomic E-state index is 12.7. The van der Waals surface area contributed by atoms with Crippen LogP contribution in [0.2, 0.25) is 0 Å². The normalized spacial score (nSPS) is 14.2. The van der Waals surface area contributed by atoms with Crippen LogP contribution in [0, 0.1) is 17.0 Å². The molecule has 1 aliphatic heterocycles. The van der Waals surface area contributed by atoms with E-state index in [4.69, 9.17) is 0 Å². The van der Waals surface area contributed by atoms with Gasteiger partial charge < -0.3 is 14.9 Å². The summed E-state index contributed by atoms with van der Waals surface area (Å²) in [5.74, 6) is -0.225. The molecule has 3 aromatic rings. The van der Waals surface area contributed by atoms with Crippen molar-refractivity contribution < 1.29 is 14.8 Å². The number of pyridine rings is 1. The fourth-order valence-electron chi connectivity index (χ4n) is 3.72. The number of nitrogens with zero attached hydrogens (tertiary/aromatic N) is 4. The molecule has 8 nitrogen and oxygen atoms in total. The number of carbonyl (C=O) groups is 1. The second kappa shape index (κ2) is 7.38. The molecule has 2 aromatic carbocycles. The first-order valence-electron chi connectivity index (χ1n) is 9.32. The second-order valence-corrected chi connectivity index (χ2v) is 7.01. The molecule has 29 heavy (non-hydrogen) atoms. The van der Waals surface area contributed by atoms with Gasteiger partial charge in [-0.2, -0.15) is 0 Å². The molecule has 148 valence electrons. The summed E-state index contributed by atoms with van der Waals surface area (Å²) in [6.07, 6.45) is 0. The van der Waals surface area contributed by atoms with Crippen LogP contribution in [0.25, 0.3) is 10.9 Å². The van der Waals surface area contributed by atoms with Crippen LogP contribution in [-0.4, -0.2) is 52.0 Å². The first kappa shape index (κ1) is 18.7. The number of anilines is 1. The molecule has 0 radical (unpaired) electrons. The average Bonchev–Trinajstić information content (AvgIpc) is 2.72. The van der Waals surface area contributed by atoms with E-state index in [0.29, 0.717) is 43.0 Å². The van der Waals surface area contributed by atoms with Crippen molar-refractivity contribution >= 4 is 28.2 Å². The van der Waals surface area contributed by atoms with Gasteiger partial charge in [0.05, 0.1) is 10.5 Å². The average molecular weight is 392 g/mol. The summed E-state index contributed by atoms with van der Waals surface area (Å²) in [7, 11) is 0. The zero-order chi connectivity index (χ0) is 20.5. The molecule has 2 heterocycles. The highest BCUT2D eigenvalue weighted by Gasteiger charge is 2.26. The summed E-state index contributed by atoms with van der Waals surface area (Å²) >= 11 is 0. The standard InChI is InChI=1S/C21H20N4O4/c1-14-13-18(15-6-4-7-17(25(28)29)20(15)22-14)23-9-11-24(12-10-23)21(27)16-5-2-3-8-19(16)26/h2-8,13,26H,9-12H2,1H3. The number of phenolic OH excluding ortho intramolecular Hbond substituents is 1. The molecule has 0 unspecified atom stereocenters. The van der Waals surface area contributed by atoms with Crippen LogP contribution < -0.4 is 4.90 Å². The van der Waals surface area contributed by atoms with E-state index >= 15 is 0 Å². The van der Waals surface area contributed by atoms with Gasteiger partial charge in [-0.3, -0.25) is 14.9 Å². The minimum atomic E-state index is -0.415. The number of piperazine rings is 1. The Bertz CT molecular complexity index is 1110. The van der Waals surface area contributed by atoms with Gasteiger partial charge in [0.2, 0.25) is 0 Å². The topological polar surface area (TPSA) is 99.8 Å². The summed E-state index contributed by atoms with van der Waals surface area (Å²) < 4.78 is 0. The zero-order valence-electron chi connectivity index (χ0n) is 15.9. The number of aryl methyl sites for hydroxylation is 1. The highest BCUT2D eigenvalue weighted by molar-refractivity contribution is 5.98. The first-order chi connectivity index (χ1) is 14.0. The number of carbonyl (C=O) groups excluding carboxylic acids is 1. The first-order valence-corrected chi connectivity index (χ1v) is 9.32. The minimum absolute atomic E-state index is 0.0131. The molecular weight excluding hydrogens is 372 g/mol. The van der Waals surface area contributed by atoms with Gasteiger partial charge >= 0.3 is 0 Å². The van der Waals surface area contributed by atoms with Gasteiger partial charge in [-0.1, -0.05) is 24.3 Å². The summed E-state index contributed by atoms with van der Waals surface area (Å²) in [4.78, 5) is 31.9. The van der Waals surface area contributed by atoms with E-state index in [1.165, 1.54) is 12.1 Å². The molecule has 0 saturated carbocycles. The number of fused-ring (bicyclic) bond motifs is 1. The Morgan fingerprint density at radius 2 is 1.83 bits per heavy atom. The Labute approximate surface area is 167 Å². The highest BCUT2D eigenvalue weighted by Crippen LogP contribution is 2.32. The Morgan fingerprint density at radius 1 is 1.10 bits per heavy atom. The molecule has 0 aliphatic carbocycles. The third kappa shape index (κ3) is 3.44. The number of benzene rings is 2. The molecule has 4 rings (SSSR count). The number of hydrogen-bond acceptors (Lipinski definition) is 6. The van der Waals surface area contributed by atoms with E-state index in [1.54, 1.807) is 29.2 Å². The van der Waals surface area contributed by atoms with Crippen LogP contribution in [-0.2, 0) is 0 Å². The van der Waals surface area contributed by atoms with Gasteiger partial charge in [0, 0.05) is 49.0 Å². The number of aromatic hydroxyl groups is 1.